The molecule has 0 bridgehead atoms. The van der Waals surface area contributed by atoms with Crippen LogP contribution in [0.2, 0.25) is 0 Å². The molecule has 1 aromatic carbocycles. The van der Waals surface area contributed by atoms with Gasteiger partial charge in [-0.15, -0.1) is 0 Å². The lowest BCUT2D eigenvalue weighted by atomic mass is 9.80. The molecule has 1 aliphatic rings. The maximum atomic E-state index is 11.9. The first-order chi connectivity index (χ1) is 10.1. The summed E-state index contributed by atoms with van der Waals surface area (Å²) in [6.45, 7) is 3.19. The highest BCUT2D eigenvalue weighted by molar-refractivity contribution is 5.76. The van der Waals surface area contributed by atoms with Crippen molar-refractivity contribution in [2.24, 2.45) is 5.92 Å². The number of hydrogen-bond acceptors (Lipinski definition) is 4. The second-order valence-electron chi connectivity index (χ2n) is 5.47. The molecular weight excluding hydrogens is 268 g/mol. The summed E-state index contributed by atoms with van der Waals surface area (Å²) < 4.78 is 10.8. The minimum atomic E-state index is 0.0689. The Balaban J connectivity index is 1.76. The molecule has 0 heterocycles. The Morgan fingerprint density at radius 3 is 2.86 bits per heavy atom. The Morgan fingerprint density at radius 1 is 1.43 bits per heavy atom. The van der Waals surface area contributed by atoms with Crippen LogP contribution in [0.15, 0.2) is 18.2 Å². The average molecular weight is 292 g/mol. The van der Waals surface area contributed by atoms with E-state index in [1.54, 1.807) is 13.2 Å². The Kier molecular flexibility index (Phi) is 5.44. The zero-order valence-electron chi connectivity index (χ0n) is 12.7. The van der Waals surface area contributed by atoms with E-state index in [1.807, 2.05) is 19.1 Å². The summed E-state index contributed by atoms with van der Waals surface area (Å²) in [5.74, 6) is 1.26. The molecule has 1 amide bonds. The number of anilines is 1. The van der Waals surface area contributed by atoms with E-state index in [0.717, 1.165) is 30.8 Å². The van der Waals surface area contributed by atoms with Crippen LogP contribution in [0, 0.1) is 5.92 Å². The molecule has 1 saturated carbocycles. The highest BCUT2D eigenvalue weighted by atomic mass is 16.5. The van der Waals surface area contributed by atoms with Crippen molar-refractivity contribution in [1.29, 1.82) is 0 Å². The summed E-state index contributed by atoms with van der Waals surface area (Å²) in [6.07, 6.45) is 2.89. The van der Waals surface area contributed by atoms with E-state index >= 15 is 0 Å². The van der Waals surface area contributed by atoms with E-state index in [4.69, 9.17) is 15.2 Å². The summed E-state index contributed by atoms with van der Waals surface area (Å²) >= 11 is 0. The Hall–Kier alpha value is -1.75. The highest BCUT2D eigenvalue weighted by Crippen LogP contribution is 2.32. The number of carbonyl (C=O) groups is 1. The predicted molar refractivity (Wildman–Crippen MR) is 82.0 cm³/mol. The van der Waals surface area contributed by atoms with Crippen molar-refractivity contribution in [3.8, 4) is 5.75 Å². The van der Waals surface area contributed by atoms with E-state index < -0.39 is 0 Å². The van der Waals surface area contributed by atoms with E-state index in [2.05, 4.69) is 5.32 Å². The number of hydrogen-bond donors (Lipinski definition) is 2. The lowest BCUT2D eigenvalue weighted by Crippen LogP contribution is -2.35. The second-order valence-corrected chi connectivity index (χ2v) is 5.47. The molecule has 2 rings (SSSR count). The third-order valence-electron chi connectivity index (χ3n) is 3.85. The molecule has 21 heavy (non-hydrogen) atoms. The maximum absolute atomic E-state index is 11.9. The van der Waals surface area contributed by atoms with Crippen molar-refractivity contribution < 1.29 is 14.3 Å². The van der Waals surface area contributed by atoms with Crippen molar-refractivity contribution in [2.45, 2.75) is 38.8 Å². The first-order valence-electron chi connectivity index (χ1n) is 7.43. The molecule has 0 unspecified atom stereocenters. The molecule has 0 aromatic heterocycles. The predicted octanol–water partition coefficient (Wildman–Crippen LogP) is 2.10. The number of ether oxygens (including phenoxy) is 2. The van der Waals surface area contributed by atoms with Gasteiger partial charge in [0.05, 0.1) is 13.2 Å². The minimum Gasteiger partial charge on any atom is -0.496 e. The van der Waals surface area contributed by atoms with Gasteiger partial charge in [-0.05, 0) is 43.9 Å². The maximum Gasteiger partial charge on any atom is 0.220 e. The number of rotatable bonds is 7. The van der Waals surface area contributed by atoms with Gasteiger partial charge in [-0.1, -0.05) is 0 Å². The number of carbonyl (C=O) groups excluding carboxylic acids is 1. The van der Waals surface area contributed by atoms with Crippen LogP contribution >= 0.6 is 0 Å². The van der Waals surface area contributed by atoms with Crippen molar-refractivity contribution in [3.63, 3.8) is 0 Å². The van der Waals surface area contributed by atoms with Crippen LogP contribution in [-0.4, -0.2) is 25.7 Å². The van der Waals surface area contributed by atoms with Gasteiger partial charge in [0.15, 0.2) is 0 Å². The van der Waals surface area contributed by atoms with E-state index in [-0.39, 0.29) is 5.91 Å². The van der Waals surface area contributed by atoms with Gasteiger partial charge in [0.25, 0.3) is 0 Å². The lowest BCUT2D eigenvalue weighted by Gasteiger charge is -2.34. The van der Waals surface area contributed by atoms with Gasteiger partial charge in [0.2, 0.25) is 5.91 Å². The van der Waals surface area contributed by atoms with Crippen molar-refractivity contribution in [2.75, 3.05) is 19.5 Å². The number of benzene rings is 1. The molecule has 0 saturated heterocycles. The van der Waals surface area contributed by atoms with Crippen molar-refractivity contribution >= 4 is 11.6 Å². The summed E-state index contributed by atoms with van der Waals surface area (Å²) in [4.78, 5) is 11.9. The highest BCUT2D eigenvalue weighted by Gasteiger charge is 2.30. The fourth-order valence-electron chi connectivity index (χ4n) is 2.68. The number of nitrogens with one attached hydrogen (secondary N) is 1. The number of nitrogen functional groups attached to an aromatic ring is 1. The van der Waals surface area contributed by atoms with Crippen LogP contribution in [0.5, 0.6) is 5.75 Å². The van der Waals surface area contributed by atoms with Crippen LogP contribution in [0.3, 0.4) is 0 Å². The Bertz CT molecular complexity index is 484. The van der Waals surface area contributed by atoms with Crippen molar-refractivity contribution in [1.82, 2.24) is 5.32 Å². The summed E-state index contributed by atoms with van der Waals surface area (Å²) in [6, 6.07) is 5.43. The molecule has 5 nitrogen and oxygen atoms in total. The zero-order chi connectivity index (χ0) is 15.2. The largest absolute Gasteiger partial charge is 0.496 e. The number of amides is 1. The topological polar surface area (TPSA) is 73.6 Å². The van der Waals surface area contributed by atoms with E-state index in [0.29, 0.717) is 30.7 Å². The zero-order valence-corrected chi connectivity index (χ0v) is 12.7. The quantitative estimate of drug-likeness (QED) is 0.755. The van der Waals surface area contributed by atoms with Crippen LogP contribution in [0.25, 0.3) is 0 Å². The van der Waals surface area contributed by atoms with Crippen LogP contribution in [0.1, 0.15) is 31.7 Å². The molecule has 3 N–H and O–H groups in total. The molecule has 0 aliphatic heterocycles. The fourth-order valence-corrected chi connectivity index (χ4v) is 2.68. The summed E-state index contributed by atoms with van der Waals surface area (Å²) in [5, 5.41) is 2.93. The molecule has 116 valence electrons. The van der Waals surface area contributed by atoms with Gasteiger partial charge in [-0.2, -0.15) is 0 Å². The summed E-state index contributed by atoms with van der Waals surface area (Å²) in [5.41, 5.74) is 7.32. The Morgan fingerprint density at radius 2 is 2.19 bits per heavy atom. The van der Waals surface area contributed by atoms with Crippen LogP contribution in [-0.2, 0) is 16.1 Å². The third kappa shape index (κ3) is 4.36. The summed E-state index contributed by atoms with van der Waals surface area (Å²) in [7, 11) is 1.61. The fraction of sp³-hybridized carbons (Fsp3) is 0.562. The SMILES string of the molecule is CCOC1CC(CC(=O)NCc2cc(N)ccc2OC)C1. The van der Waals surface area contributed by atoms with Gasteiger partial charge in [0, 0.05) is 30.8 Å². The molecule has 1 fully saturated rings. The first kappa shape index (κ1) is 15.6. The third-order valence-corrected chi connectivity index (χ3v) is 3.85. The van der Waals surface area contributed by atoms with E-state index in [1.165, 1.54) is 0 Å². The van der Waals surface area contributed by atoms with Crippen LogP contribution in [0.4, 0.5) is 5.69 Å². The molecule has 0 radical (unpaired) electrons. The van der Waals surface area contributed by atoms with Gasteiger partial charge < -0.3 is 20.5 Å². The smallest absolute Gasteiger partial charge is 0.220 e. The molecule has 5 heteroatoms. The second kappa shape index (κ2) is 7.31. The molecular formula is C16H24N2O3. The first-order valence-corrected chi connectivity index (χ1v) is 7.43. The molecule has 0 atom stereocenters. The van der Waals surface area contributed by atoms with Gasteiger partial charge in [-0.25, -0.2) is 0 Å². The van der Waals surface area contributed by atoms with Gasteiger partial charge >= 0.3 is 0 Å². The molecule has 1 aliphatic carbocycles. The Labute approximate surface area is 125 Å². The molecule has 0 spiro atoms. The molecule has 1 aromatic rings. The van der Waals surface area contributed by atoms with Gasteiger partial charge in [0.1, 0.15) is 5.75 Å². The van der Waals surface area contributed by atoms with Gasteiger partial charge in [-0.3, -0.25) is 4.79 Å². The number of methoxy groups -OCH3 is 1. The standard InChI is InChI=1S/C16H24N2O3/c1-3-21-14-6-11(7-14)8-16(19)18-10-12-9-13(17)4-5-15(12)20-2/h4-5,9,11,14H,3,6-8,10,17H2,1-2H3,(H,18,19). The lowest BCUT2D eigenvalue weighted by molar-refractivity contribution is -0.124. The number of nitrogens with two attached hydrogens (primary N) is 1. The average Bonchev–Trinajstić information content (AvgIpc) is 2.43. The minimum absolute atomic E-state index is 0.0689. The normalized spacial score (nSPS) is 20.7. The monoisotopic (exact) mass is 292 g/mol. The van der Waals surface area contributed by atoms with Crippen molar-refractivity contribution in [3.05, 3.63) is 23.8 Å². The van der Waals surface area contributed by atoms with E-state index in [9.17, 15) is 4.79 Å². The van der Waals surface area contributed by atoms with Crippen LogP contribution < -0.4 is 15.8 Å².